The van der Waals surface area contributed by atoms with Gasteiger partial charge in [-0.1, -0.05) is 0 Å². The molecule has 0 saturated heterocycles. The zero-order valence-electron chi connectivity index (χ0n) is 12.7. The molecule has 1 heterocycles. The minimum absolute atomic E-state index is 0.0881. The number of rotatable bonds is 2. The summed E-state index contributed by atoms with van der Waals surface area (Å²) in [5.74, 6) is -5.16. The fraction of sp³-hybridized carbons (Fsp3) is 0.176. The highest BCUT2D eigenvalue weighted by Gasteiger charge is 2.23. The third-order valence-corrected chi connectivity index (χ3v) is 3.90. The summed E-state index contributed by atoms with van der Waals surface area (Å²) in [7, 11) is 0. The first kappa shape index (κ1) is 16.0. The Bertz CT molecular complexity index is 852. The Morgan fingerprint density at radius 1 is 1.08 bits per heavy atom. The number of halogens is 3. The van der Waals surface area contributed by atoms with Crippen molar-refractivity contribution in [3.8, 4) is 0 Å². The monoisotopic (exact) mass is 334 g/mol. The van der Waals surface area contributed by atoms with Crippen molar-refractivity contribution in [1.82, 2.24) is 0 Å². The van der Waals surface area contributed by atoms with E-state index in [1.807, 2.05) is 0 Å². The average Bonchev–Trinajstić information content (AvgIpc) is 2.98. The van der Waals surface area contributed by atoms with Crippen LogP contribution in [0.1, 0.15) is 22.8 Å². The Hall–Kier alpha value is -2.83. The van der Waals surface area contributed by atoms with Gasteiger partial charge < -0.3 is 10.2 Å². The molecule has 0 unspecified atom stereocenters. The smallest absolute Gasteiger partial charge is 0.255 e. The molecule has 124 valence electrons. The number of hydrogen-bond acceptors (Lipinski definition) is 2. The molecule has 0 atom stereocenters. The summed E-state index contributed by atoms with van der Waals surface area (Å²) >= 11 is 0. The Balaban J connectivity index is 1.85. The predicted octanol–water partition coefficient (Wildman–Crippen LogP) is 3.27. The fourth-order valence-corrected chi connectivity index (χ4v) is 2.69. The highest BCUT2D eigenvalue weighted by atomic mass is 19.2. The molecule has 2 amide bonds. The molecule has 2 aromatic rings. The predicted molar refractivity (Wildman–Crippen MR) is 82.4 cm³/mol. The molecule has 2 aromatic carbocycles. The number of benzene rings is 2. The Kier molecular flexibility index (Phi) is 4.01. The Morgan fingerprint density at radius 3 is 2.54 bits per heavy atom. The summed E-state index contributed by atoms with van der Waals surface area (Å²) in [5.41, 5.74) is 1.36. The summed E-state index contributed by atoms with van der Waals surface area (Å²) in [5, 5.41) is 2.22. The van der Waals surface area contributed by atoms with E-state index in [1.165, 1.54) is 13.0 Å². The highest BCUT2D eigenvalue weighted by molar-refractivity contribution is 6.05. The molecule has 0 fully saturated rings. The van der Waals surface area contributed by atoms with Crippen LogP contribution >= 0.6 is 0 Å². The molecule has 1 aliphatic rings. The molecule has 1 N–H and O–H groups in total. The minimum Gasteiger partial charge on any atom is -0.319 e. The molecule has 0 radical (unpaired) electrons. The number of nitrogens with zero attached hydrogens (tertiary/aromatic N) is 1. The van der Waals surface area contributed by atoms with Crippen LogP contribution in [0.5, 0.6) is 0 Å². The topological polar surface area (TPSA) is 49.4 Å². The van der Waals surface area contributed by atoms with E-state index < -0.39 is 29.0 Å². The van der Waals surface area contributed by atoms with Gasteiger partial charge in [-0.05, 0) is 42.3 Å². The maximum absolute atomic E-state index is 13.6. The number of nitrogens with one attached hydrogen (secondary N) is 1. The number of anilines is 2. The SMILES string of the molecule is CC(=O)N1CCc2cc(C(=O)Nc3ccc(F)c(F)c3F)ccc21. The number of carbonyl (C=O) groups is 2. The minimum atomic E-state index is -1.64. The van der Waals surface area contributed by atoms with Gasteiger partial charge in [0.15, 0.2) is 17.5 Å². The molecule has 24 heavy (non-hydrogen) atoms. The van der Waals surface area contributed by atoms with Crippen LogP contribution < -0.4 is 10.2 Å². The summed E-state index contributed by atoms with van der Waals surface area (Å²) in [6.45, 7) is 2.00. The van der Waals surface area contributed by atoms with Gasteiger partial charge in [-0.15, -0.1) is 0 Å². The van der Waals surface area contributed by atoms with Crippen molar-refractivity contribution in [2.75, 3.05) is 16.8 Å². The summed E-state index contributed by atoms with van der Waals surface area (Å²) in [6, 6.07) is 6.43. The average molecular weight is 334 g/mol. The largest absolute Gasteiger partial charge is 0.319 e. The van der Waals surface area contributed by atoms with E-state index in [9.17, 15) is 22.8 Å². The van der Waals surface area contributed by atoms with Crippen molar-refractivity contribution >= 4 is 23.2 Å². The molecule has 0 aromatic heterocycles. The maximum atomic E-state index is 13.6. The van der Waals surface area contributed by atoms with Crippen LogP contribution in [-0.2, 0) is 11.2 Å². The second kappa shape index (κ2) is 5.99. The highest BCUT2D eigenvalue weighted by Crippen LogP contribution is 2.29. The molecular weight excluding hydrogens is 321 g/mol. The Labute approximate surface area is 135 Å². The van der Waals surface area contributed by atoms with Crippen molar-refractivity contribution in [2.45, 2.75) is 13.3 Å². The zero-order chi connectivity index (χ0) is 17.4. The second-order valence-electron chi connectivity index (χ2n) is 5.44. The Morgan fingerprint density at radius 2 is 1.83 bits per heavy atom. The van der Waals surface area contributed by atoms with Gasteiger partial charge in [0, 0.05) is 24.7 Å². The number of hydrogen-bond donors (Lipinski definition) is 1. The molecule has 0 aliphatic carbocycles. The van der Waals surface area contributed by atoms with Crippen LogP contribution in [-0.4, -0.2) is 18.4 Å². The number of amides is 2. The molecule has 7 heteroatoms. The maximum Gasteiger partial charge on any atom is 0.255 e. The van der Waals surface area contributed by atoms with Gasteiger partial charge in [-0.25, -0.2) is 13.2 Å². The lowest BCUT2D eigenvalue weighted by molar-refractivity contribution is -0.116. The van der Waals surface area contributed by atoms with E-state index in [4.69, 9.17) is 0 Å². The standard InChI is InChI=1S/C17H13F3N2O2/c1-9(23)22-7-6-10-8-11(2-5-14(10)22)17(24)21-13-4-3-12(18)15(19)16(13)20/h2-5,8H,6-7H2,1H3,(H,21,24). The van der Waals surface area contributed by atoms with E-state index in [0.717, 1.165) is 23.4 Å². The van der Waals surface area contributed by atoms with Crippen LogP contribution in [0.15, 0.2) is 30.3 Å². The van der Waals surface area contributed by atoms with Crippen molar-refractivity contribution in [3.05, 3.63) is 58.9 Å². The summed E-state index contributed by atoms with van der Waals surface area (Å²) in [4.78, 5) is 25.3. The summed E-state index contributed by atoms with van der Waals surface area (Å²) < 4.78 is 39.7. The van der Waals surface area contributed by atoms with E-state index in [-0.39, 0.29) is 11.5 Å². The van der Waals surface area contributed by atoms with E-state index in [0.29, 0.717) is 13.0 Å². The first-order valence-electron chi connectivity index (χ1n) is 7.24. The lowest BCUT2D eigenvalue weighted by Crippen LogP contribution is -2.25. The molecule has 0 spiro atoms. The van der Waals surface area contributed by atoms with Gasteiger partial charge in [-0.3, -0.25) is 9.59 Å². The van der Waals surface area contributed by atoms with Gasteiger partial charge in [0.2, 0.25) is 5.91 Å². The van der Waals surface area contributed by atoms with Gasteiger partial charge in [0.1, 0.15) is 0 Å². The number of fused-ring (bicyclic) bond motifs is 1. The van der Waals surface area contributed by atoms with Crippen molar-refractivity contribution < 1.29 is 22.8 Å². The quantitative estimate of drug-likeness (QED) is 0.857. The van der Waals surface area contributed by atoms with E-state index >= 15 is 0 Å². The van der Waals surface area contributed by atoms with Crippen LogP contribution in [0.25, 0.3) is 0 Å². The third-order valence-electron chi connectivity index (χ3n) is 3.90. The number of carbonyl (C=O) groups excluding carboxylic acids is 2. The zero-order valence-corrected chi connectivity index (χ0v) is 12.7. The molecule has 1 aliphatic heterocycles. The fourth-order valence-electron chi connectivity index (χ4n) is 2.69. The van der Waals surface area contributed by atoms with Gasteiger partial charge in [0.05, 0.1) is 5.69 Å². The molecular formula is C17H13F3N2O2. The second-order valence-corrected chi connectivity index (χ2v) is 5.44. The molecule has 0 saturated carbocycles. The first-order chi connectivity index (χ1) is 11.4. The van der Waals surface area contributed by atoms with Crippen LogP contribution in [0.3, 0.4) is 0 Å². The van der Waals surface area contributed by atoms with Crippen molar-refractivity contribution in [2.24, 2.45) is 0 Å². The molecule has 4 nitrogen and oxygen atoms in total. The van der Waals surface area contributed by atoms with Crippen LogP contribution in [0, 0.1) is 17.5 Å². The van der Waals surface area contributed by atoms with Crippen molar-refractivity contribution in [1.29, 1.82) is 0 Å². The normalized spacial score (nSPS) is 12.9. The van der Waals surface area contributed by atoms with Gasteiger partial charge in [0.25, 0.3) is 5.91 Å². The lowest BCUT2D eigenvalue weighted by atomic mass is 10.1. The van der Waals surface area contributed by atoms with E-state index in [1.54, 1.807) is 17.0 Å². The van der Waals surface area contributed by atoms with Gasteiger partial charge in [-0.2, -0.15) is 0 Å². The third kappa shape index (κ3) is 2.73. The molecule has 3 rings (SSSR count). The first-order valence-corrected chi connectivity index (χ1v) is 7.24. The van der Waals surface area contributed by atoms with Crippen LogP contribution in [0.4, 0.5) is 24.5 Å². The van der Waals surface area contributed by atoms with Gasteiger partial charge >= 0.3 is 0 Å². The van der Waals surface area contributed by atoms with E-state index in [2.05, 4.69) is 5.32 Å². The molecule has 0 bridgehead atoms. The van der Waals surface area contributed by atoms with Crippen molar-refractivity contribution in [3.63, 3.8) is 0 Å². The van der Waals surface area contributed by atoms with Crippen LogP contribution in [0.2, 0.25) is 0 Å². The summed E-state index contributed by atoms with van der Waals surface area (Å²) in [6.07, 6.45) is 0.607. The lowest BCUT2D eigenvalue weighted by Gasteiger charge is -2.15.